The van der Waals surface area contributed by atoms with Gasteiger partial charge in [-0.1, -0.05) is 25.7 Å². The number of fused-ring (bicyclic) bond motifs is 1. The Morgan fingerprint density at radius 3 is 2.79 bits per heavy atom. The van der Waals surface area contributed by atoms with Gasteiger partial charge in [-0.05, 0) is 30.4 Å². The van der Waals surface area contributed by atoms with Crippen molar-refractivity contribution in [3.8, 4) is 0 Å². The molecule has 0 saturated heterocycles. The summed E-state index contributed by atoms with van der Waals surface area (Å²) in [6.45, 7) is 0.934. The first-order valence-corrected chi connectivity index (χ1v) is 7.26. The third kappa shape index (κ3) is 2.57. The second-order valence-electron chi connectivity index (χ2n) is 5.83. The monoisotopic (exact) mass is 260 g/mol. The standard InChI is InChI=1S/C15H20N2O2/c18-17(19)13-7-8-15-14(9-13)12(10-16-15)6-5-11-3-1-2-4-11/h7-9,11-12,16H,1-6,10H2. The molecule has 2 aliphatic rings. The van der Waals surface area contributed by atoms with Gasteiger partial charge in [0.2, 0.25) is 0 Å². The first kappa shape index (κ1) is 12.5. The van der Waals surface area contributed by atoms with E-state index in [2.05, 4.69) is 5.32 Å². The van der Waals surface area contributed by atoms with Crippen molar-refractivity contribution in [3.63, 3.8) is 0 Å². The van der Waals surface area contributed by atoms with E-state index in [4.69, 9.17) is 0 Å². The summed E-state index contributed by atoms with van der Waals surface area (Å²) in [4.78, 5) is 10.6. The number of benzene rings is 1. The summed E-state index contributed by atoms with van der Waals surface area (Å²) < 4.78 is 0. The van der Waals surface area contributed by atoms with E-state index in [1.165, 1.54) is 32.1 Å². The molecule has 1 aliphatic carbocycles. The lowest BCUT2D eigenvalue weighted by molar-refractivity contribution is -0.384. The van der Waals surface area contributed by atoms with Crippen LogP contribution in [-0.4, -0.2) is 11.5 Å². The van der Waals surface area contributed by atoms with Crippen molar-refractivity contribution in [2.45, 2.75) is 44.4 Å². The molecular weight excluding hydrogens is 240 g/mol. The number of non-ortho nitro benzene ring substituents is 1. The number of hydrogen-bond acceptors (Lipinski definition) is 3. The fourth-order valence-electron chi connectivity index (χ4n) is 3.50. The zero-order valence-electron chi connectivity index (χ0n) is 11.1. The Morgan fingerprint density at radius 2 is 2.05 bits per heavy atom. The van der Waals surface area contributed by atoms with Gasteiger partial charge in [-0.25, -0.2) is 0 Å². The minimum atomic E-state index is -0.299. The molecule has 4 heteroatoms. The minimum Gasteiger partial charge on any atom is -0.384 e. The predicted molar refractivity (Wildman–Crippen MR) is 75.5 cm³/mol. The van der Waals surface area contributed by atoms with Gasteiger partial charge in [0.25, 0.3) is 5.69 Å². The van der Waals surface area contributed by atoms with Gasteiger partial charge in [-0.15, -0.1) is 0 Å². The van der Waals surface area contributed by atoms with E-state index >= 15 is 0 Å². The zero-order valence-corrected chi connectivity index (χ0v) is 11.1. The molecule has 0 bridgehead atoms. The zero-order chi connectivity index (χ0) is 13.2. The van der Waals surface area contributed by atoms with Gasteiger partial charge in [0, 0.05) is 30.3 Å². The summed E-state index contributed by atoms with van der Waals surface area (Å²) in [6, 6.07) is 5.20. The topological polar surface area (TPSA) is 55.2 Å². The Kier molecular flexibility index (Phi) is 3.40. The molecule has 1 unspecified atom stereocenters. The molecule has 1 aromatic rings. The molecule has 1 aromatic carbocycles. The average Bonchev–Trinajstić information content (AvgIpc) is 3.05. The quantitative estimate of drug-likeness (QED) is 0.655. The molecule has 0 amide bonds. The maximum Gasteiger partial charge on any atom is 0.269 e. The number of nitro groups is 1. The summed E-state index contributed by atoms with van der Waals surface area (Å²) in [5.74, 6) is 1.35. The number of anilines is 1. The van der Waals surface area contributed by atoms with Crippen molar-refractivity contribution in [1.29, 1.82) is 0 Å². The molecule has 1 aliphatic heterocycles. The Bertz CT molecular complexity index is 481. The molecule has 4 nitrogen and oxygen atoms in total. The molecule has 1 atom stereocenters. The van der Waals surface area contributed by atoms with Crippen molar-refractivity contribution in [3.05, 3.63) is 33.9 Å². The third-order valence-corrected chi connectivity index (χ3v) is 4.62. The van der Waals surface area contributed by atoms with Crippen LogP contribution < -0.4 is 5.32 Å². The summed E-state index contributed by atoms with van der Waals surface area (Å²) in [6.07, 6.45) is 7.95. The number of nitrogens with one attached hydrogen (secondary N) is 1. The van der Waals surface area contributed by atoms with Crippen molar-refractivity contribution < 1.29 is 4.92 Å². The van der Waals surface area contributed by atoms with Crippen molar-refractivity contribution in [1.82, 2.24) is 0 Å². The predicted octanol–water partition coefficient (Wildman–Crippen LogP) is 4.07. The van der Waals surface area contributed by atoms with Crippen LogP contribution in [-0.2, 0) is 0 Å². The molecule has 0 spiro atoms. The van der Waals surface area contributed by atoms with Gasteiger partial charge >= 0.3 is 0 Å². The highest BCUT2D eigenvalue weighted by Gasteiger charge is 2.26. The SMILES string of the molecule is O=[N+]([O-])c1ccc2c(c1)C(CCC1CCCC1)CN2. The third-order valence-electron chi connectivity index (χ3n) is 4.62. The van der Waals surface area contributed by atoms with E-state index in [0.29, 0.717) is 5.92 Å². The molecule has 1 saturated carbocycles. The van der Waals surface area contributed by atoms with Gasteiger partial charge in [0.1, 0.15) is 0 Å². The Labute approximate surface area is 113 Å². The van der Waals surface area contributed by atoms with Gasteiger partial charge in [-0.2, -0.15) is 0 Å². The molecule has 1 N–H and O–H groups in total. The number of hydrogen-bond donors (Lipinski definition) is 1. The van der Waals surface area contributed by atoms with Crippen LogP contribution in [0.3, 0.4) is 0 Å². The Morgan fingerprint density at radius 1 is 1.26 bits per heavy atom. The van der Waals surface area contributed by atoms with E-state index in [1.807, 2.05) is 6.07 Å². The molecule has 0 radical (unpaired) electrons. The van der Waals surface area contributed by atoms with Crippen LogP contribution in [0, 0.1) is 16.0 Å². The molecule has 3 rings (SSSR count). The molecule has 19 heavy (non-hydrogen) atoms. The average molecular weight is 260 g/mol. The minimum absolute atomic E-state index is 0.216. The van der Waals surface area contributed by atoms with Gasteiger partial charge < -0.3 is 5.32 Å². The van der Waals surface area contributed by atoms with E-state index in [0.717, 1.165) is 30.1 Å². The molecule has 102 valence electrons. The second kappa shape index (κ2) is 5.19. The largest absolute Gasteiger partial charge is 0.384 e. The fraction of sp³-hybridized carbons (Fsp3) is 0.600. The lowest BCUT2D eigenvalue weighted by Gasteiger charge is -2.13. The lowest BCUT2D eigenvalue weighted by atomic mass is 9.91. The van der Waals surface area contributed by atoms with Gasteiger partial charge in [0.15, 0.2) is 0 Å². The van der Waals surface area contributed by atoms with Crippen molar-refractivity contribution >= 4 is 11.4 Å². The normalized spacial score (nSPS) is 22.2. The lowest BCUT2D eigenvalue weighted by Crippen LogP contribution is -2.04. The summed E-state index contributed by atoms with van der Waals surface area (Å²) in [5.41, 5.74) is 2.45. The Balaban J connectivity index is 1.69. The highest BCUT2D eigenvalue weighted by Crippen LogP contribution is 2.39. The van der Waals surface area contributed by atoms with E-state index in [-0.39, 0.29) is 10.6 Å². The van der Waals surface area contributed by atoms with Crippen LogP contribution in [0.2, 0.25) is 0 Å². The molecule has 1 heterocycles. The van der Waals surface area contributed by atoms with Crippen LogP contribution in [0.25, 0.3) is 0 Å². The van der Waals surface area contributed by atoms with Gasteiger partial charge in [-0.3, -0.25) is 10.1 Å². The van der Waals surface area contributed by atoms with E-state index < -0.39 is 0 Å². The van der Waals surface area contributed by atoms with Crippen LogP contribution >= 0.6 is 0 Å². The first-order valence-electron chi connectivity index (χ1n) is 7.26. The van der Waals surface area contributed by atoms with Crippen molar-refractivity contribution in [2.75, 3.05) is 11.9 Å². The van der Waals surface area contributed by atoms with Crippen LogP contribution in [0.15, 0.2) is 18.2 Å². The summed E-state index contributed by atoms with van der Waals surface area (Å²) in [5, 5.41) is 14.2. The van der Waals surface area contributed by atoms with Crippen molar-refractivity contribution in [2.24, 2.45) is 5.92 Å². The van der Waals surface area contributed by atoms with E-state index in [9.17, 15) is 10.1 Å². The van der Waals surface area contributed by atoms with Crippen LogP contribution in [0.4, 0.5) is 11.4 Å². The number of rotatable bonds is 4. The maximum absolute atomic E-state index is 10.9. The molecular formula is C15H20N2O2. The highest BCUT2D eigenvalue weighted by molar-refractivity contribution is 5.61. The molecule has 1 fully saturated rings. The highest BCUT2D eigenvalue weighted by atomic mass is 16.6. The first-order chi connectivity index (χ1) is 9.24. The molecule has 0 aromatic heterocycles. The number of nitro benzene ring substituents is 1. The maximum atomic E-state index is 10.9. The second-order valence-corrected chi connectivity index (χ2v) is 5.83. The fourth-order valence-corrected chi connectivity index (χ4v) is 3.50. The van der Waals surface area contributed by atoms with E-state index in [1.54, 1.807) is 12.1 Å². The number of nitrogens with zero attached hydrogens (tertiary/aromatic N) is 1. The van der Waals surface area contributed by atoms with Crippen LogP contribution in [0.1, 0.15) is 50.0 Å². The smallest absolute Gasteiger partial charge is 0.269 e. The summed E-state index contributed by atoms with van der Waals surface area (Å²) in [7, 11) is 0. The van der Waals surface area contributed by atoms with Crippen LogP contribution in [0.5, 0.6) is 0 Å². The van der Waals surface area contributed by atoms with Gasteiger partial charge in [0.05, 0.1) is 4.92 Å². The summed E-state index contributed by atoms with van der Waals surface area (Å²) >= 11 is 0. The Hall–Kier alpha value is -1.58.